The van der Waals surface area contributed by atoms with Gasteiger partial charge in [0.05, 0.1) is 18.1 Å². The van der Waals surface area contributed by atoms with Crippen LogP contribution in [0, 0.1) is 10.1 Å². The van der Waals surface area contributed by atoms with Gasteiger partial charge in [-0.25, -0.2) is 0 Å². The molecular formula is C17H15Cl3N4O4S. The molecule has 12 heteroatoms. The van der Waals surface area contributed by atoms with Crippen molar-refractivity contribution in [2.45, 2.75) is 9.96 Å². The molecule has 1 atom stereocenters. The molecule has 0 saturated carbocycles. The normalized spacial score (nSPS) is 11.9. The van der Waals surface area contributed by atoms with E-state index in [2.05, 4.69) is 16.0 Å². The number of thiocarbonyl (C=S) groups is 1. The second-order valence-electron chi connectivity index (χ2n) is 5.55. The Morgan fingerprint density at radius 2 is 1.83 bits per heavy atom. The predicted octanol–water partition coefficient (Wildman–Crippen LogP) is 4.02. The van der Waals surface area contributed by atoms with Gasteiger partial charge in [-0.2, -0.15) is 0 Å². The van der Waals surface area contributed by atoms with Crippen LogP contribution in [-0.4, -0.2) is 33.0 Å². The predicted molar refractivity (Wildman–Crippen MR) is 117 cm³/mol. The van der Waals surface area contributed by atoms with Crippen molar-refractivity contribution in [3.63, 3.8) is 0 Å². The maximum absolute atomic E-state index is 12.4. The molecule has 0 spiro atoms. The molecular weight excluding hydrogens is 463 g/mol. The van der Waals surface area contributed by atoms with Gasteiger partial charge in [-0.3, -0.25) is 14.9 Å². The van der Waals surface area contributed by atoms with Gasteiger partial charge in [0, 0.05) is 5.56 Å². The number of methoxy groups -OCH3 is 1. The number of nitrogens with one attached hydrogen (secondary N) is 3. The maximum atomic E-state index is 12.4. The number of carbonyl (C=O) groups is 1. The number of ether oxygens (including phenoxy) is 1. The molecule has 0 aliphatic heterocycles. The third kappa shape index (κ3) is 6.60. The Kier molecular flexibility index (Phi) is 7.86. The van der Waals surface area contributed by atoms with Crippen LogP contribution in [0.25, 0.3) is 0 Å². The molecule has 2 rings (SSSR count). The van der Waals surface area contributed by atoms with Crippen LogP contribution in [0.4, 0.5) is 11.4 Å². The molecule has 3 N–H and O–H groups in total. The summed E-state index contributed by atoms with van der Waals surface area (Å²) in [7, 11) is 1.39. The molecule has 29 heavy (non-hydrogen) atoms. The van der Waals surface area contributed by atoms with E-state index in [0.29, 0.717) is 11.3 Å². The highest BCUT2D eigenvalue weighted by Crippen LogP contribution is 2.31. The van der Waals surface area contributed by atoms with Crippen molar-refractivity contribution < 1.29 is 14.5 Å². The van der Waals surface area contributed by atoms with E-state index in [9.17, 15) is 14.9 Å². The highest BCUT2D eigenvalue weighted by atomic mass is 35.6. The summed E-state index contributed by atoms with van der Waals surface area (Å²) in [5.41, 5.74) is 0.163. The monoisotopic (exact) mass is 476 g/mol. The van der Waals surface area contributed by atoms with Gasteiger partial charge in [0.2, 0.25) is 3.79 Å². The summed E-state index contributed by atoms with van der Waals surface area (Å²) in [6.07, 6.45) is -1.22. The van der Waals surface area contributed by atoms with Gasteiger partial charge < -0.3 is 20.7 Å². The summed E-state index contributed by atoms with van der Waals surface area (Å²) in [5.74, 6) is -0.205. The lowest BCUT2D eigenvalue weighted by Crippen LogP contribution is -2.56. The lowest BCUT2D eigenvalue weighted by atomic mass is 10.2. The zero-order valence-electron chi connectivity index (χ0n) is 14.8. The van der Waals surface area contributed by atoms with E-state index in [-0.39, 0.29) is 16.5 Å². The molecule has 154 valence electrons. The lowest BCUT2D eigenvalue weighted by molar-refractivity contribution is -0.384. The number of nitro groups is 1. The van der Waals surface area contributed by atoms with Gasteiger partial charge in [-0.1, -0.05) is 53.0 Å². The van der Waals surface area contributed by atoms with Crippen LogP contribution >= 0.6 is 47.0 Å². The molecule has 1 amide bonds. The van der Waals surface area contributed by atoms with Crippen LogP contribution in [0.3, 0.4) is 0 Å². The van der Waals surface area contributed by atoms with Gasteiger partial charge in [-0.15, -0.1) is 0 Å². The molecule has 0 aliphatic carbocycles. The third-order valence-corrected chi connectivity index (χ3v) is 4.44. The Balaban J connectivity index is 2.15. The molecule has 2 aromatic carbocycles. The number of benzene rings is 2. The summed E-state index contributed by atoms with van der Waals surface area (Å²) >= 11 is 23.0. The van der Waals surface area contributed by atoms with Gasteiger partial charge in [-0.05, 0) is 36.5 Å². The molecule has 0 radical (unpaired) electrons. The fraction of sp³-hybridized carbons (Fsp3) is 0.176. The molecule has 0 saturated heterocycles. The van der Waals surface area contributed by atoms with E-state index in [1.165, 1.54) is 25.3 Å². The van der Waals surface area contributed by atoms with Crippen molar-refractivity contribution in [3.05, 3.63) is 64.2 Å². The first-order chi connectivity index (χ1) is 13.6. The molecule has 0 aliphatic rings. The molecule has 2 aromatic rings. The minimum absolute atomic E-state index is 0.0887. The first kappa shape index (κ1) is 23.0. The molecule has 0 unspecified atom stereocenters. The van der Waals surface area contributed by atoms with Gasteiger partial charge in [0.25, 0.3) is 11.6 Å². The van der Waals surface area contributed by atoms with Crippen molar-refractivity contribution in [2.24, 2.45) is 0 Å². The Hall–Kier alpha value is -2.33. The van der Waals surface area contributed by atoms with Crippen LogP contribution in [-0.2, 0) is 0 Å². The smallest absolute Gasteiger partial charge is 0.296 e. The first-order valence-electron chi connectivity index (χ1n) is 7.94. The van der Waals surface area contributed by atoms with Crippen LogP contribution in [0.2, 0.25) is 0 Å². The number of nitrogens with zero attached hydrogens (tertiary/aromatic N) is 1. The van der Waals surface area contributed by atoms with Crippen LogP contribution < -0.4 is 20.7 Å². The minimum Gasteiger partial charge on any atom is -0.496 e. The van der Waals surface area contributed by atoms with E-state index in [1.807, 2.05) is 0 Å². The van der Waals surface area contributed by atoms with Crippen LogP contribution in [0.15, 0.2) is 48.5 Å². The second kappa shape index (κ2) is 9.93. The fourth-order valence-corrected chi connectivity index (χ4v) is 2.74. The van der Waals surface area contributed by atoms with Gasteiger partial charge >= 0.3 is 0 Å². The largest absolute Gasteiger partial charge is 0.496 e. The summed E-state index contributed by atoms with van der Waals surface area (Å²) in [4.78, 5) is 23.0. The van der Waals surface area contributed by atoms with E-state index in [0.717, 1.165) is 0 Å². The highest BCUT2D eigenvalue weighted by Gasteiger charge is 2.35. The zero-order chi connectivity index (χ0) is 21.6. The molecule has 0 fully saturated rings. The lowest BCUT2D eigenvalue weighted by Gasteiger charge is -2.27. The zero-order valence-corrected chi connectivity index (χ0v) is 17.9. The van der Waals surface area contributed by atoms with E-state index >= 15 is 0 Å². The third-order valence-electron chi connectivity index (χ3n) is 3.56. The van der Waals surface area contributed by atoms with Crippen molar-refractivity contribution in [3.8, 4) is 5.75 Å². The number of hydrogen-bond acceptors (Lipinski definition) is 5. The number of carbonyl (C=O) groups excluding carboxylic acids is 1. The van der Waals surface area contributed by atoms with Crippen molar-refractivity contribution in [1.82, 2.24) is 10.6 Å². The summed E-state index contributed by atoms with van der Waals surface area (Å²) in [6, 6.07) is 12.4. The Labute approximate surface area is 186 Å². The summed E-state index contributed by atoms with van der Waals surface area (Å²) < 4.78 is 3.01. The average molecular weight is 478 g/mol. The number of hydrogen-bond donors (Lipinski definition) is 3. The molecule has 0 aromatic heterocycles. The molecule has 0 heterocycles. The maximum Gasteiger partial charge on any atom is 0.296 e. The van der Waals surface area contributed by atoms with E-state index in [4.69, 9.17) is 51.8 Å². The Morgan fingerprint density at radius 3 is 2.38 bits per heavy atom. The number of alkyl halides is 3. The second-order valence-corrected chi connectivity index (χ2v) is 8.33. The molecule has 0 bridgehead atoms. The Bertz CT molecular complexity index is 909. The number of halogens is 3. The number of amides is 1. The van der Waals surface area contributed by atoms with Crippen molar-refractivity contribution in [1.29, 1.82) is 0 Å². The van der Waals surface area contributed by atoms with Gasteiger partial charge in [0.15, 0.2) is 5.11 Å². The molecule has 8 nitrogen and oxygen atoms in total. The number of nitro benzene ring substituents is 1. The topological polar surface area (TPSA) is 106 Å². The average Bonchev–Trinajstić information content (AvgIpc) is 2.67. The SMILES string of the molecule is COc1ccc(NC(=S)N[C@H](NC(=O)c2ccccc2)C(Cl)(Cl)Cl)c([N+](=O)[O-])c1. The number of anilines is 1. The first-order valence-corrected chi connectivity index (χ1v) is 9.48. The van der Waals surface area contributed by atoms with Crippen molar-refractivity contribution in [2.75, 3.05) is 12.4 Å². The Morgan fingerprint density at radius 1 is 1.17 bits per heavy atom. The van der Waals surface area contributed by atoms with Crippen LogP contribution in [0.5, 0.6) is 5.75 Å². The number of rotatable bonds is 6. The van der Waals surface area contributed by atoms with E-state index in [1.54, 1.807) is 30.3 Å². The van der Waals surface area contributed by atoms with Gasteiger partial charge in [0.1, 0.15) is 17.6 Å². The minimum atomic E-state index is -1.97. The van der Waals surface area contributed by atoms with Crippen molar-refractivity contribution >= 4 is 69.4 Å². The summed E-state index contributed by atoms with van der Waals surface area (Å²) in [5, 5.41) is 19.0. The quantitative estimate of drug-likeness (QED) is 0.190. The van der Waals surface area contributed by atoms with E-state index < -0.39 is 20.8 Å². The van der Waals surface area contributed by atoms with Crippen LogP contribution in [0.1, 0.15) is 10.4 Å². The fourth-order valence-electron chi connectivity index (χ4n) is 2.19. The standard InChI is InChI=1S/C17H15Cl3N4O4S/c1-28-11-7-8-12(13(9-11)24(26)27)21-16(29)23-15(17(18,19)20)22-14(25)10-5-3-2-4-6-10/h2-9,15H,1H3,(H,22,25)(H2,21,23,29)/t15-/m0/s1. The highest BCUT2D eigenvalue weighted by molar-refractivity contribution is 7.80. The summed E-state index contributed by atoms with van der Waals surface area (Å²) in [6.45, 7) is 0.